The largest absolute Gasteiger partial charge is 0.357 e. The van der Waals surface area contributed by atoms with Gasteiger partial charge in [0.1, 0.15) is 0 Å². The second kappa shape index (κ2) is 2.59. The molecule has 0 saturated heterocycles. The lowest BCUT2D eigenvalue weighted by Gasteiger charge is -1.92. The van der Waals surface area contributed by atoms with Gasteiger partial charge in [-0.1, -0.05) is 6.92 Å². The summed E-state index contributed by atoms with van der Waals surface area (Å²) < 4.78 is 0. The minimum atomic E-state index is 1.04. The number of aromatic amines is 1. The van der Waals surface area contributed by atoms with E-state index in [1.54, 1.807) is 6.20 Å². The van der Waals surface area contributed by atoms with Crippen LogP contribution in [0.3, 0.4) is 0 Å². The summed E-state index contributed by atoms with van der Waals surface area (Å²) in [6, 6.07) is 0. The standard InChI is InChI=1S/C9H11N3/c1-3-7-6(2)12-9-5-11-10-4-8(7)9/h4-5,12H,3H2,1-2H3. The molecule has 0 atom stereocenters. The topological polar surface area (TPSA) is 41.6 Å². The normalized spacial score (nSPS) is 10.8. The van der Waals surface area contributed by atoms with E-state index < -0.39 is 0 Å². The molecule has 0 aromatic carbocycles. The Morgan fingerprint density at radius 3 is 2.83 bits per heavy atom. The van der Waals surface area contributed by atoms with Crippen molar-refractivity contribution in [2.24, 2.45) is 0 Å². The molecule has 0 aliphatic rings. The lowest BCUT2D eigenvalue weighted by atomic mass is 10.1. The molecule has 0 bridgehead atoms. The highest BCUT2D eigenvalue weighted by Gasteiger charge is 2.05. The number of hydrogen-bond acceptors (Lipinski definition) is 2. The molecule has 0 fully saturated rings. The predicted octanol–water partition coefficient (Wildman–Crippen LogP) is 1.83. The number of aryl methyl sites for hydroxylation is 2. The summed E-state index contributed by atoms with van der Waals surface area (Å²) in [6.45, 7) is 4.23. The zero-order chi connectivity index (χ0) is 8.55. The SMILES string of the molecule is CCc1c(C)[nH]c2cnncc12. The average Bonchev–Trinajstić information content (AvgIpc) is 2.40. The van der Waals surface area contributed by atoms with E-state index in [1.165, 1.54) is 16.6 Å². The number of hydrogen-bond donors (Lipinski definition) is 1. The first-order chi connectivity index (χ1) is 5.83. The highest BCUT2D eigenvalue weighted by atomic mass is 15.1. The van der Waals surface area contributed by atoms with Crippen LogP contribution in [0.15, 0.2) is 12.4 Å². The number of rotatable bonds is 1. The number of fused-ring (bicyclic) bond motifs is 1. The molecule has 0 spiro atoms. The van der Waals surface area contributed by atoms with E-state index in [0.29, 0.717) is 0 Å². The summed E-state index contributed by atoms with van der Waals surface area (Å²) in [7, 11) is 0. The van der Waals surface area contributed by atoms with Gasteiger partial charge in [0, 0.05) is 11.1 Å². The second-order valence-corrected chi connectivity index (χ2v) is 2.90. The maximum atomic E-state index is 3.86. The Bertz CT molecular complexity index is 403. The fraction of sp³-hybridized carbons (Fsp3) is 0.333. The summed E-state index contributed by atoms with van der Waals surface area (Å²) in [5, 5.41) is 8.88. The zero-order valence-corrected chi connectivity index (χ0v) is 7.26. The van der Waals surface area contributed by atoms with Crippen LogP contribution in [0.5, 0.6) is 0 Å². The van der Waals surface area contributed by atoms with Crippen LogP contribution >= 0.6 is 0 Å². The summed E-state index contributed by atoms with van der Waals surface area (Å²) in [6.07, 6.45) is 4.62. The van der Waals surface area contributed by atoms with Crippen LogP contribution in [0, 0.1) is 6.92 Å². The molecule has 2 rings (SSSR count). The third-order valence-corrected chi connectivity index (χ3v) is 2.18. The number of nitrogens with zero attached hydrogens (tertiary/aromatic N) is 2. The number of H-pyrrole nitrogens is 1. The molecule has 2 heterocycles. The monoisotopic (exact) mass is 161 g/mol. The third kappa shape index (κ3) is 0.897. The quantitative estimate of drug-likeness (QED) is 0.693. The Kier molecular flexibility index (Phi) is 1.57. The Hall–Kier alpha value is -1.38. The molecule has 12 heavy (non-hydrogen) atoms. The molecule has 0 saturated carbocycles. The summed E-state index contributed by atoms with van der Waals surface area (Å²) >= 11 is 0. The predicted molar refractivity (Wildman–Crippen MR) is 48.0 cm³/mol. The summed E-state index contributed by atoms with van der Waals surface area (Å²) in [4.78, 5) is 3.28. The van der Waals surface area contributed by atoms with Crippen LogP contribution < -0.4 is 0 Å². The van der Waals surface area contributed by atoms with Gasteiger partial charge in [-0.3, -0.25) is 0 Å². The molecule has 0 aliphatic heterocycles. The molecule has 0 unspecified atom stereocenters. The highest BCUT2D eigenvalue weighted by Crippen LogP contribution is 2.19. The van der Waals surface area contributed by atoms with E-state index in [2.05, 4.69) is 29.0 Å². The Labute approximate surface area is 70.8 Å². The Morgan fingerprint density at radius 1 is 1.33 bits per heavy atom. The minimum absolute atomic E-state index is 1.04. The maximum absolute atomic E-state index is 3.86. The first-order valence-corrected chi connectivity index (χ1v) is 4.10. The van der Waals surface area contributed by atoms with Gasteiger partial charge in [0.2, 0.25) is 0 Å². The van der Waals surface area contributed by atoms with Crippen molar-refractivity contribution in [1.82, 2.24) is 15.2 Å². The van der Waals surface area contributed by atoms with Crippen LogP contribution in [-0.4, -0.2) is 15.2 Å². The minimum Gasteiger partial charge on any atom is -0.357 e. The first kappa shape index (κ1) is 7.28. The first-order valence-electron chi connectivity index (χ1n) is 4.10. The van der Waals surface area contributed by atoms with Crippen molar-refractivity contribution in [2.75, 3.05) is 0 Å². The van der Waals surface area contributed by atoms with Crippen molar-refractivity contribution in [3.63, 3.8) is 0 Å². The van der Waals surface area contributed by atoms with Gasteiger partial charge in [0.15, 0.2) is 0 Å². The molecule has 1 N–H and O–H groups in total. The molecule has 0 aliphatic carbocycles. The summed E-state index contributed by atoms with van der Waals surface area (Å²) in [5.41, 5.74) is 3.65. The van der Waals surface area contributed by atoms with Gasteiger partial charge < -0.3 is 4.98 Å². The van der Waals surface area contributed by atoms with Crippen molar-refractivity contribution in [2.45, 2.75) is 20.3 Å². The molecular formula is C9H11N3. The zero-order valence-electron chi connectivity index (χ0n) is 7.26. The third-order valence-electron chi connectivity index (χ3n) is 2.18. The van der Waals surface area contributed by atoms with Gasteiger partial charge in [-0.2, -0.15) is 10.2 Å². The van der Waals surface area contributed by atoms with Crippen molar-refractivity contribution < 1.29 is 0 Å². The van der Waals surface area contributed by atoms with Gasteiger partial charge >= 0.3 is 0 Å². The van der Waals surface area contributed by atoms with Crippen molar-refractivity contribution >= 4 is 10.9 Å². The van der Waals surface area contributed by atoms with Gasteiger partial charge in [0.25, 0.3) is 0 Å². The molecule has 0 amide bonds. The average molecular weight is 161 g/mol. The molecule has 3 nitrogen and oxygen atoms in total. The highest BCUT2D eigenvalue weighted by molar-refractivity contribution is 5.82. The van der Waals surface area contributed by atoms with Crippen molar-refractivity contribution in [3.05, 3.63) is 23.7 Å². The van der Waals surface area contributed by atoms with Gasteiger partial charge in [0.05, 0.1) is 17.9 Å². The van der Waals surface area contributed by atoms with Crippen LogP contribution in [0.25, 0.3) is 10.9 Å². The van der Waals surface area contributed by atoms with Crippen LogP contribution in [0.2, 0.25) is 0 Å². The molecule has 2 aromatic heterocycles. The molecule has 3 heteroatoms. The molecule has 0 radical (unpaired) electrons. The van der Waals surface area contributed by atoms with Crippen molar-refractivity contribution in [3.8, 4) is 0 Å². The lowest BCUT2D eigenvalue weighted by Crippen LogP contribution is -1.81. The molecule has 62 valence electrons. The van der Waals surface area contributed by atoms with Gasteiger partial charge in [-0.25, -0.2) is 0 Å². The van der Waals surface area contributed by atoms with Gasteiger partial charge in [-0.15, -0.1) is 0 Å². The van der Waals surface area contributed by atoms with E-state index in [0.717, 1.165) is 11.9 Å². The lowest BCUT2D eigenvalue weighted by molar-refractivity contribution is 1.05. The van der Waals surface area contributed by atoms with E-state index in [1.807, 2.05) is 6.20 Å². The van der Waals surface area contributed by atoms with Crippen LogP contribution in [-0.2, 0) is 6.42 Å². The smallest absolute Gasteiger partial charge is 0.0737 e. The van der Waals surface area contributed by atoms with E-state index in [4.69, 9.17) is 0 Å². The molecule has 2 aromatic rings. The van der Waals surface area contributed by atoms with Crippen LogP contribution in [0.4, 0.5) is 0 Å². The summed E-state index contributed by atoms with van der Waals surface area (Å²) in [5.74, 6) is 0. The Balaban J connectivity index is 2.81. The van der Waals surface area contributed by atoms with Crippen LogP contribution in [0.1, 0.15) is 18.2 Å². The second-order valence-electron chi connectivity index (χ2n) is 2.90. The molecular weight excluding hydrogens is 150 g/mol. The van der Waals surface area contributed by atoms with Gasteiger partial charge in [-0.05, 0) is 18.9 Å². The fourth-order valence-corrected chi connectivity index (χ4v) is 1.60. The van der Waals surface area contributed by atoms with E-state index in [-0.39, 0.29) is 0 Å². The fourth-order valence-electron chi connectivity index (χ4n) is 1.60. The number of aromatic nitrogens is 3. The Morgan fingerprint density at radius 2 is 2.08 bits per heavy atom. The van der Waals surface area contributed by atoms with E-state index in [9.17, 15) is 0 Å². The van der Waals surface area contributed by atoms with Crippen molar-refractivity contribution in [1.29, 1.82) is 0 Å². The van der Waals surface area contributed by atoms with E-state index >= 15 is 0 Å². The number of nitrogens with one attached hydrogen (secondary N) is 1. The maximum Gasteiger partial charge on any atom is 0.0737 e.